The highest BCUT2D eigenvalue weighted by molar-refractivity contribution is 5.37. The summed E-state index contributed by atoms with van der Waals surface area (Å²) in [5.74, 6) is 1.34. The lowest BCUT2D eigenvalue weighted by molar-refractivity contribution is 0.708. The number of anilines is 2. The Bertz CT molecular complexity index is 509. The number of nitrogens with two attached hydrogens (primary N) is 1. The molecule has 0 aromatic carbocycles. The standard InChI is InChI=1S/C12H19N7/c1-3-5-7-18(4-2)11-15-10(13)16-12(17-11)19-8-6-14-9-19/h6,8-9H,3-5,7H2,1-2H3,(H2,13,15,16,17). The van der Waals surface area contributed by atoms with E-state index in [1.807, 2.05) is 0 Å². The van der Waals surface area contributed by atoms with Crippen LogP contribution in [0.25, 0.3) is 5.95 Å². The summed E-state index contributed by atoms with van der Waals surface area (Å²) < 4.78 is 1.72. The Kier molecular flexibility index (Phi) is 4.27. The van der Waals surface area contributed by atoms with E-state index in [0.29, 0.717) is 11.9 Å². The van der Waals surface area contributed by atoms with Crippen LogP contribution in [0.4, 0.5) is 11.9 Å². The number of aromatic nitrogens is 5. The molecule has 0 aliphatic rings. The lowest BCUT2D eigenvalue weighted by Crippen LogP contribution is -2.27. The van der Waals surface area contributed by atoms with Crippen LogP contribution in [0.3, 0.4) is 0 Å². The Labute approximate surface area is 112 Å². The Balaban J connectivity index is 2.30. The van der Waals surface area contributed by atoms with Gasteiger partial charge in [0.15, 0.2) is 0 Å². The Morgan fingerprint density at radius 2 is 2.11 bits per heavy atom. The fourth-order valence-electron chi connectivity index (χ4n) is 1.75. The van der Waals surface area contributed by atoms with Crippen LogP contribution < -0.4 is 10.6 Å². The van der Waals surface area contributed by atoms with Crippen LogP contribution >= 0.6 is 0 Å². The smallest absolute Gasteiger partial charge is 0.241 e. The predicted molar refractivity (Wildman–Crippen MR) is 74.2 cm³/mol. The van der Waals surface area contributed by atoms with Crippen LogP contribution in [0.2, 0.25) is 0 Å². The zero-order chi connectivity index (χ0) is 13.7. The van der Waals surface area contributed by atoms with Crippen molar-refractivity contribution in [3.8, 4) is 5.95 Å². The minimum atomic E-state index is 0.226. The van der Waals surface area contributed by atoms with E-state index >= 15 is 0 Å². The van der Waals surface area contributed by atoms with Gasteiger partial charge in [0.2, 0.25) is 17.8 Å². The Morgan fingerprint density at radius 1 is 1.26 bits per heavy atom. The quantitative estimate of drug-likeness (QED) is 0.842. The molecule has 19 heavy (non-hydrogen) atoms. The summed E-state index contributed by atoms with van der Waals surface area (Å²) in [5, 5.41) is 0. The first-order chi connectivity index (χ1) is 9.24. The first kappa shape index (κ1) is 13.3. The zero-order valence-electron chi connectivity index (χ0n) is 11.3. The van der Waals surface area contributed by atoms with E-state index in [1.54, 1.807) is 23.3 Å². The van der Waals surface area contributed by atoms with Gasteiger partial charge in [-0.3, -0.25) is 4.57 Å². The van der Waals surface area contributed by atoms with Gasteiger partial charge in [0.25, 0.3) is 0 Å². The molecule has 0 fully saturated rings. The van der Waals surface area contributed by atoms with E-state index in [9.17, 15) is 0 Å². The number of hydrogen-bond acceptors (Lipinski definition) is 6. The van der Waals surface area contributed by atoms with Crippen molar-refractivity contribution in [2.45, 2.75) is 26.7 Å². The average molecular weight is 261 g/mol. The van der Waals surface area contributed by atoms with E-state index in [-0.39, 0.29) is 5.95 Å². The molecule has 2 aromatic heterocycles. The summed E-state index contributed by atoms with van der Waals surface area (Å²) in [4.78, 5) is 18.9. The molecule has 0 bridgehead atoms. The molecule has 0 saturated heterocycles. The van der Waals surface area contributed by atoms with Crippen molar-refractivity contribution in [2.75, 3.05) is 23.7 Å². The summed E-state index contributed by atoms with van der Waals surface area (Å²) in [6, 6.07) is 0. The minimum Gasteiger partial charge on any atom is -0.368 e. The third-order valence-corrected chi connectivity index (χ3v) is 2.81. The molecule has 7 heteroatoms. The number of nitrogens with zero attached hydrogens (tertiary/aromatic N) is 6. The van der Waals surface area contributed by atoms with E-state index in [1.165, 1.54) is 0 Å². The van der Waals surface area contributed by atoms with Crippen LogP contribution in [0.1, 0.15) is 26.7 Å². The second-order valence-corrected chi connectivity index (χ2v) is 4.20. The van der Waals surface area contributed by atoms with Gasteiger partial charge in [-0.1, -0.05) is 13.3 Å². The van der Waals surface area contributed by atoms with Gasteiger partial charge >= 0.3 is 0 Å². The molecular formula is C12H19N7. The number of rotatable bonds is 6. The third-order valence-electron chi connectivity index (χ3n) is 2.81. The van der Waals surface area contributed by atoms with Crippen LogP contribution in [-0.4, -0.2) is 37.6 Å². The Morgan fingerprint density at radius 3 is 2.74 bits per heavy atom. The molecule has 102 valence electrons. The molecule has 2 N–H and O–H groups in total. The van der Waals surface area contributed by atoms with Gasteiger partial charge < -0.3 is 10.6 Å². The number of hydrogen-bond donors (Lipinski definition) is 1. The SMILES string of the molecule is CCCCN(CC)c1nc(N)nc(-n2ccnc2)n1. The van der Waals surface area contributed by atoms with Crippen LogP contribution in [-0.2, 0) is 0 Å². The van der Waals surface area contributed by atoms with E-state index in [0.717, 1.165) is 25.9 Å². The van der Waals surface area contributed by atoms with Gasteiger partial charge in [0.1, 0.15) is 6.33 Å². The van der Waals surface area contributed by atoms with Crippen molar-refractivity contribution in [2.24, 2.45) is 0 Å². The summed E-state index contributed by atoms with van der Waals surface area (Å²) in [6.07, 6.45) is 7.32. The largest absolute Gasteiger partial charge is 0.368 e. The van der Waals surface area contributed by atoms with Gasteiger partial charge in [-0.25, -0.2) is 4.98 Å². The number of unbranched alkanes of at least 4 members (excludes halogenated alkanes) is 1. The monoisotopic (exact) mass is 261 g/mol. The number of nitrogen functional groups attached to an aromatic ring is 1. The molecule has 0 saturated carbocycles. The maximum atomic E-state index is 5.76. The molecular weight excluding hydrogens is 242 g/mol. The van der Waals surface area contributed by atoms with Gasteiger partial charge in [0.05, 0.1) is 0 Å². The maximum absolute atomic E-state index is 5.76. The van der Waals surface area contributed by atoms with Crippen LogP contribution in [0.15, 0.2) is 18.7 Å². The van der Waals surface area contributed by atoms with E-state index in [4.69, 9.17) is 5.73 Å². The lowest BCUT2D eigenvalue weighted by atomic mass is 10.3. The maximum Gasteiger partial charge on any atom is 0.241 e. The fourth-order valence-corrected chi connectivity index (χ4v) is 1.75. The van der Waals surface area contributed by atoms with Crippen molar-refractivity contribution in [3.05, 3.63) is 18.7 Å². The average Bonchev–Trinajstić information content (AvgIpc) is 2.93. The van der Waals surface area contributed by atoms with Gasteiger partial charge in [-0.15, -0.1) is 0 Å². The Hall–Kier alpha value is -2.18. The molecule has 0 amide bonds. The topological polar surface area (TPSA) is 85.8 Å². The molecule has 0 spiro atoms. The predicted octanol–water partition coefficient (Wildman–Crippen LogP) is 1.27. The molecule has 0 aliphatic heterocycles. The summed E-state index contributed by atoms with van der Waals surface area (Å²) >= 11 is 0. The molecule has 0 aliphatic carbocycles. The van der Waals surface area contributed by atoms with Gasteiger partial charge in [-0.2, -0.15) is 15.0 Å². The summed E-state index contributed by atoms with van der Waals surface area (Å²) in [5.41, 5.74) is 5.76. The van der Waals surface area contributed by atoms with E-state index in [2.05, 4.69) is 38.7 Å². The van der Waals surface area contributed by atoms with Crippen molar-refractivity contribution in [3.63, 3.8) is 0 Å². The fraction of sp³-hybridized carbons (Fsp3) is 0.500. The number of imidazole rings is 1. The normalized spacial score (nSPS) is 10.6. The van der Waals surface area contributed by atoms with Crippen molar-refractivity contribution >= 4 is 11.9 Å². The molecule has 7 nitrogen and oxygen atoms in total. The summed E-state index contributed by atoms with van der Waals surface area (Å²) in [7, 11) is 0. The van der Waals surface area contributed by atoms with Crippen molar-refractivity contribution in [1.29, 1.82) is 0 Å². The van der Waals surface area contributed by atoms with E-state index < -0.39 is 0 Å². The molecule has 2 heterocycles. The third kappa shape index (κ3) is 3.18. The highest BCUT2D eigenvalue weighted by Gasteiger charge is 2.11. The summed E-state index contributed by atoms with van der Waals surface area (Å²) in [6.45, 7) is 5.99. The van der Waals surface area contributed by atoms with Crippen LogP contribution in [0, 0.1) is 0 Å². The van der Waals surface area contributed by atoms with Crippen molar-refractivity contribution < 1.29 is 0 Å². The van der Waals surface area contributed by atoms with Crippen LogP contribution in [0.5, 0.6) is 0 Å². The molecule has 0 unspecified atom stereocenters. The lowest BCUT2D eigenvalue weighted by Gasteiger charge is -2.20. The second-order valence-electron chi connectivity index (χ2n) is 4.20. The molecule has 2 rings (SSSR count). The second kappa shape index (κ2) is 6.12. The van der Waals surface area contributed by atoms with Gasteiger partial charge in [0, 0.05) is 25.5 Å². The zero-order valence-corrected chi connectivity index (χ0v) is 11.3. The first-order valence-electron chi connectivity index (χ1n) is 6.49. The van der Waals surface area contributed by atoms with Gasteiger partial charge in [-0.05, 0) is 13.3 Å². The molecule has 0 atom stereocenters. The first-order valence-corrected chi connectivity index (χ1v) is 6.49. The van der Waals surface area contributed by atoms with Crippen molar-refractivity contribution in [1.82, 2.24) is 24.5 Å². The molecule has 2 aromatic rings. The highest BCUT2D eigenvalue weighted by atomic mass is 15.3. The molecule has 0 radical (unpaired) electrons. The minimum absolute atomic E-state index is 0.226. The highest BCUT2D eigenvalue weighted by Crippen LogP contribution is 2.12.